The van der Waals surface area contributed by atoms with Crippen molar-refractivity contribution in [3.8, 4) is 17.0 Å². The molecule has 37 heavy (non-hydrogen) atoms. The second-order valence-electron chi connectivity index (χ2n) is 9.01. The maximum Gasteiger partial charge on any atom is 0.305 e. The van der Waals surface area contributed by atoms with E-state index in [4.69, 9.17) is 14.5 Å². The van der Waals surface area contributed by atoms with Crippen LogP contribution in [0.2, 0.25) is 0 Å². The SMILES string of the molecule is CCCN(Cc1ccc(COc2ccc(CCC(=O)OC)cc2)cc1)c1nc(-c2ccccc2)c(C)s1. The molecule has 192 valence electrons. The molecule has 0 N–H and O–H groups in total. The largest absolute Gasteiger partial charge is 0.489 e. The number of anilines is 1. The number of aromatic nitrogens is 1. The zero-order chi connectivity index (χ0) is 26.0. The Labute approximate surface area is 223 Å². The fourth-order valence-electron chi connectivity index (χ4n) is 4.12. The van der Waals surface area contributed by atoms with Gasteiger partial charge in [-0.1, -0.05) is 73.7 Å². The summed E-state index contributed by atoms with van der Waals surface area (Å²) in [6.45, 7) is 6.65. The summed E-state index contributed by atoms with van der Waals surface area (Å²) in [7, 11) is 1.41. The van der Waals surface area contributed by atoms with Gasteiger partial charge in [-0.25, -0.2) is 4.98 Å². The topological polar surface area (TPSA) is 51.7 Å². The molecule has 0 saturated heterocycles. The van der Waals surface area contributed by atoms with Gasteiger partial charge in [0.15, 0.2) is 5.13 Å². The molecule has 0 fully saturated rings. The number of rotatable bonds is 12. The van der Waals surface area contributed by atoms with Crippen LogP contribution in [0.4, 0.5) is 5.13 Å². The molecule has 0 amide bonds. The van der Waals surface area contributed by atoms with E-state index >= 15 is 0 Å². The van der Waals surface area contributed by atoms with Crippen molar-refractivity contribution in [2.75, 3.05) is 18.6 Å². The molecule has 0 unspecified atom stereocenters. The molecule has 0 aliphatic heterocycles. The van der Waals surface area contributed by atoms with Crippen molar-refractivity contribution in [3.63, 3.8) is 0 Å². The van der Waals surface area contributed by atoms with Crippen LogP contribution < -0.4 is 9.64 Å². The lowest BCUT2D eigenvalue weighted by atomic mass is 10.1. The summed E-state index contributed by atoms with van der Waals surface area (Å²) >= 11 is 1.76. The van der Waals surface area contributed by atoms with Gasteiger partial charge in [0.05, 0.1) is 12.8 Å². The number of benzene rings is 3. The van der Waals surface area contributed by atoms with E-state index in [-0.39, 0.29) is 5.97 Å². The minimum atomic E-state index is -0.194. The first kappa shape index (κ1) is 26.4. The predicted molar refractivity (Wildman–Crippen MR) is 151 cm³/mol. The Kier molecular flexibility index (Phi) is 9.33. The minimum Gasteiger partial charge on any atom is -0.489 e. The van der Waals surface area contributed by atoms with Crippen molar-refractivity contribution < 1.29 is 14.3 Å². The number of aryl methyl sites for hydroxylation is 2. The average molecular weight is 515 g/mol. The highest BCUT2D eigenvalue weighted by atomic mass is 32.1. The van der Waals surface area contributed by atoms with E-state index in [1.165, 1.54) is 23.1 Å². The molecule has 6 heteroatoms. The second-order valence-corrected chi connectivity index (χ2v) is 10.2. The van der Waals surface area contributed by atoms with Crippen LogP contribution in [-0.4, -0.2) is 24.6 Å². The third-order valence-corrected chi connectivity index (χ3v) is 7.20. The smallest absolute Gasteiger partial charge is 0.305 e. The van der Waals surface area contributed by atoms with Crippen LogP contribution in [0.1, 0.15) is 41.3 Å². The third-order valence-electron chi connectivity index (χ3n) is 6.17. The average Bonchev–Trinajstić information content (AvgIpc) is 3.33. The predicted octanol–water partition coefficient (Wildman–Crippen LogP) is 7.22. The van der Waals surface area contributed by atoms with Gasteiger partial charge in [0.1, 0.15) is 12.4 Å². The van der Waals surface area contributed by atoms with Crippen molar-refractivity contribution in [2.45, 2.75) is 46.3 Å². The van der Waals surface area contributed by atoms with Crippen LogP contribution in [-0.2, 0) is 29.1 Å². The highest BCUT2D eigenvalue weighted by molar-refractivity contribution is 7.16. The van der Waals surface area contributed by atoms with Gasteiger partial charge in [-0.2, -0.15) is 0 Å². The van der Waals surface area contributed by atoms with E-state index in [2.05, 4.69) is 67.3 Å². The Hall–Kier alpha value is -3.64. The minimum absolute atomic E-state index is 0.194. The molecule has 5 nitrogen and oxygen atoms in total. The Morgan fingerprint density at radius 1 is 0.919 bits per heavy atom. The Bertz CT molecular complexity index is 1270. The van der Waals surface area contributed by atoms with Gasteiger partial charge in [-0.3, -0.25) is 4.79 Å². The molecule has 0 aliphatic carbocycles. The molecule has 1 aromatic heterocycles. The van der Waals surface area contributed by atoms with Gasteiger partial charge in [-0.05, 0) is 48.6 Å². The number of hydrogen-bond donors (Lipinski definition) is 0. The molecule has 3 aromatic carbocycles. The molecule has 0 radical (unpaired) electrons. The molecule has 0 saturated carbocycles. The standard InChI is InChI=1S/C31H34N2O3S/c1-4-20-33(31-32-30(23(2)37-31)27-8-6-5-7-9-27)21-25-10-12-26(13-11-25)22-36-28-17-14-24(15-18-28)16-19-29(34)35-3/h5-15,17-18H,4,16,19-22H2,1-3H3. The first-order valence-electron chi connectivity index (χ1n) is 12.7. The van der Waals surface area contributed by atoms with Crippen LogP contribution >= 0.6 is 11.3 Å². The zero-order valence-electron chi connectivity index (χ0n) is 21.8. The number of carbonyl (C=O) groups excluding carboxylic acids is 1. The zero-order valence-corrected chi connectivity index (χ0v) is 22.6. The molecule has 0 bridgehead atoms. The molecule has 4 aromatic rings. The van der Waals surface area contributed by atoms with Crippen LogP contribution in [0.3, 0.4) is 0 Å². The van der Waals surface area contributed by atoms with Gasteiger partial charge < -0.3 is 14.4 Å². The Morgan fingerprint density at radius 3 is 2.27 bits per heavy atom. The lowest BCUT2D eigenvalue weighted by Gasteiger charge is -2.21. The van der Waals surface area contributed by atoms with Crippen molar-refractivity contribution in [2.24, 2.45) is 0 Å². The van der Waals surface area contributed by atoms with Crippen molar-refractivity contribution in [1.82, 2.24) is 4.98 Å². The second kappa shape index (κ2) is 13.1. The fourth-order valence-corrected chi connectivity index (χ4v) is 5.08. The van der Waals surface area contributed by atoms with Crippen molar-refractivity contribution in [3.05, 3.63) is 100 Å². The lowest BCUT2D eigenvalue weighted by Crippen LogP contribution is -2.23. The molecule has 0 aliphatic rings. The summed E-state index contributed by atoms with van der Waals surface area (Å²) in [5.41, 5.74) is 5.70. The van der Waals surface area contributed by atoms with Crippen molar-refractivity contribution >= 4 is 22.4 Å². The van der Waals surface area contributed by atoms with Crippen LogP contribution in [0.5, 0.6) is 5.75 Å². The van der Waals surface area contributed by atoms with Gasteiger partial charge in [-0.15, -0.1) is 11.3 Å². The molecule has 0 atom stereocenters. The van der Waals surface area contributed by atoms with E-state index in [9.17, 15) is 4.79 Å². The van der Waals surface area contributed by atoms with Gasteiger partial charge in [0.2, 0.25) is 0 Å². The number of carbonyl (C=O) groups is 1. The maximum atomic E-state index is 11.3. The van der Waals surface area contributed by atoms with Gasteiger partial charge in [0, 0.05) is 30.0 Å². The number of ether oxygens (including phenoxy) is 2. The summed E-state index contributed by atoms with van der Waals surface area (Å²) in [5.74, 6) is 0.619. The van der Waals surface area contributed by atoms with Crippen LogP contribution in [0.15, 0.2) is 78.9 Å². The Balaban J connectivity index is 1.34. The first-order valence-corrected chi connectivity index (χ1v) is 13.5. The highest BCUT2D eigenvalue weighted by Gasteiger charge is 2.15. The summed E-state index contributed by atoms with van der Waals surface area (Å²) in [6, 6.07) is 26.9. The molecule has 1 heterocycles. The monoisotopic (exact) mass is 514 g/mol. The quantitative estimate of drug-likeness (QED) is 0.187. The number of thiazole rings is 1. The molecule has 0 spiro atoms. The first-order chi connectivity index (χ1) is 18.1. The van der Waals surface area contributed by atoms with E-state index in [1.807, 2.05) is 30.3 Å². The number of nitrogens with zero attached hydrogens (tertiary/aromatic N) is 2. The van der Waals surface area contributed by atoms with E-state index in [0.29, 0.717) is 19.4 Å². The number of esters is 1. The molecular weight excluding hydrogens is 480 g/mol. The number of hydrogen-bond acceptors (Lipinski definition) is 6. The molecular formula is C31H34N2O3S. The van der Waals surface area contributed by atoms with Gasteiger partial charge >= 0.3 is 5.97 Å². The third kappa shape index (κ3) is 7.43. The van der Waals surface area contributed by atoms with E-state index in [0.717, 1.165) is 47.2 Å². The summed E-state index contributed by atoms with van der Waals surface area (Å²) in [5, 5.41) is 1.07. The number of methoxy groups -OCH3 is 1. The van der Waals surface area contributed by atoms with Crippen molar-refractivity contribution in [1.29, 1.82) is 0 Å². The maximum absolute atomic E-state index is 11.3. The Morgan fingerprint density at radius 2 is 1.59 bits per heavy atom. The van der Waals surface area contributed by atoms with E-state index < -0.39 is 0 Å². The highest BCUT2D eigenvalue weighted by Crippen LogP contribution is 2.33. The summed E-state index contributed by atoms with van der Waals surface area (Å²) < 4.78 is 10.7. The van der Waals surface area contributed by atoms with Crippen LogP contribution in [0, 0.1) is 6.92 Å². The normalized spacial score (nSPS) is 10.8. The summed E-state index contributed by atoms with van der Waals surface area (Å²) in [6.07, 6.45) is 2.11. The summed E-state index contributed by atoms with van der Waals surface area (Å²) in [4.78, 5) is 19.9. The van der Waals surface area contributed by atoms with Gasteiger partial charge in [0.25, 0.3) is 0 Å². The van der Waals surface area contributed by atoms with E-state index in [1.54, 1.807) is 11.3 Å². The fraction of sp³-hybridized carbons (Fsp3) is 0.290. The lowest BCUT2D eigenvalue weighted by molar-refractivity contribution is -0.140. The molecule has 4 rings (SSSR count). The van der Waals surface area contributed by atoms with Crippen LogP contribution in [0.25, 0.3) is 11.3 Å².